The molecule has 2 heterocycles. The normalized spacial score (nSPS) is 14.8. The van der Waals surface area contributed by atoms with Gasteiger partial charge >= 0.3 is 0 Å². The first-order valence-corrected chi connectivity index (χ1v) is 7.66. The fourth-order valence-electron chi connectivity index (χ4n) is 2.68. The van der Waals surface area contributed by atoms with E-state index in [1.165, 1.54) is 4.90 Å². The van der Waals surface area contributed by atoms with Crippen LogP contribution in [-0.2, 0) is 11.3 Å². The van der Waals surface area contributed by atoms with Crippen molar-refractivity contribution >= 4 is 11.8 Å². The summed E-state index contributed by atoms with van der Waals surface area (Å²) in [6.45, 7) is 3.22. The maximum Gasteiger partial charge on any atom is 0.276 e. The molecule has 1 saturated heterocycles. The monoisotopic (exact) mass is 329 g/mol. The number of hydrogen-bond acceptors (Lipinski definition) is 5. The van der Waals surface area contributed by atoms with Crippen molar-refractivity contribution in [3.05, 3.63) is 41.2 Å². The molecule has 0 bridgehead atoms. The molecule has 0 aliphatic carbocycles. The summed E-state index contributed by atoms with van der Waals surface area (Å²) < 4.78 is 5.20. The third kappa shape index (κ3) is 3.22. The number of piperazine rings is 1. The number of nitrogens with one attached hydrogen (secondary N) is 1. The molecule has 1 fully saturated rings. The van der Waals surface area contributed by atoms with Crippen LogP contribution >= 0.6 is 0 Å². The number of H-pyrrole nitrogens is 1. The molecule has 126 valence electrons. The van der Waals surface area contributed by atoms with Gasteiger partial charge < -0.3 is 14.5 Å². The summed E-state index contributed by atoms with van der Waals surface area (Å²) in [6.07, 6.45) is 0. The van der Waals surface area contributed by atoms with Crippen molar-refractivity contribution in [2.24, 2.45) is 0 Å². The van der Waals surface area contributed by atoms with Crippen molar-refractivity contribution in [2.75, 3.05) is 26.7 Å². The van der Waals surface area contributed by atoms with Gasteiger partial charge in [0.05, 0.1) is 12.8 Å². The lowest BCUT2D eigenvalue weighted by Crippen LogP contribution is -2.52. The number of carbonyl (C=O) groups excluding carboxylic acids is 2. The number of carbonyl (C=O) groups is 2. The number of rotatable bonds is 4. The van der Waals surface area contributed by atoms with Crippen molar-refractivity contribution in [2.45, 2.75) is 13.5 Å². The van der Waals surface area contributed by atoms with Crippen LogP contribution < -0.4 is 4.74 Å². The van der Waals surface area contributed by atoms with Gasteiger partial charge in [-0.05, 0) is 24.6 Å². The number of aryl methyl sites for hydroxylation is 1. The number of hydrogen-bond donors (Lipinski definition) is 1. The zero-order valence-electron chi connectivity index (χ0n) is 13.7. The Morgan fingerprint density at radius 3 is 2.83 bits per heavy atom. The first kappa shape index (κ1) is 16.0. The standard InChI is InChI=1S/C16H19N5O3/c1-11-15(18-19-17-11)16(23)21-7-6-20(14(22)10-21)9-12-4-3-5-13(8-12)24-2/h3-5,8H,6-7,9-10H2,1-2H3,(H,17,18,19). The molecule has 0 atom stereocenters. The van der Waals surface area contributed by atoms with E-state index < -0.39 is 0 Å². The first-order valence-electron chi connectivity index (χ1n) is 7.66. The summed E-state index contributed by atoms with van der Waals surface area (Å²) in [6, 6.07) is 7.61. The highest BCUT2D eigenvalue weighted by Crippen LogP contribution is 2.16. The molecule has 0 unspecified atom stereocenters. The minimum atomic E-state index is -0.268. The second kappa shape index (κ2) is 6.69. The van der Waals surface area contributed by atoms with E-state index in [1.807, 2.05) is 24.3 Å². The molecule has 1 aromatic carbocycles. The summed E-state index contributed by atoms with van der Waals surface area (Å²) in [4.78, 5) is 28.0. The molecule has 0 radical (unpaired) electrons. The van der Waals surface area contributed by atoms with Gasteiger partial charge in [-0.3, -0.25) is 9.59 Å². The number of amides is 2. The fourth-order valence-corrected chi connectivity index (χ4v) is 2.68. The molecule has 3 rings (SSSR count). The maximum atomic E-state index is 12.4. The lowest BCUT2D eigenvalue weighted by atomic mass is 10.1. The zero-order valence-corrected chi connectivity index (χ0v) is 13.7. The Balaban J connectivity index is 1.64. The zero-order chi connectivity index (χ0) is 17.1. The van der Waals surface area contributed by atoms with Gasteiger partial charge in [0.25, 0.3) is 5.91 Å². The summed E-state index contributed by atoms with van der Waals surface area (Å²) >= 11 is 0. The smallest absolute Gasteiger partial charge is 0.276 e. The molecule has 24 heavy (non-hydrogen) atoms. The largest absolute Gasteiger partial charge is 0.497 e. The lowest BCUT2D eigenvalue weighted by Gasteiger charge is -2.34. The molecular weight excluding hydrogens is 310 g/mol. The predicted molar refractivity (Wildman–Crippen MR) is 85.4 cm³/mol. The number of methoxy groups -OCH3 is 1. The maximum absolute atomic E-state index is 12.4. The van der Waals surface area contributed by atoms with Gasteiger partial charge in [-0.25, -0.2) is 0 Å². The van der Waals surface area contributed by atoms with Crippen molar-refractivity contribution in [3.8, 4) is 5.75 Å². The van der Waals surface area contributed by atoms with Gasteiger partial charge in [0.2, 0.25) is 5.91 Å². The van der Waals surface area contributed by atoms with Crippen molar-refractivity contribution < 1.29 is 14.3 Å². The van der Waals surface area contributed by atoms with E-state index in [0.29, 0.717) is 25.3 Å². The number of aromatic amines is 1. The molecular formula is C16H19N5O3. The number of benzene rings is 1. The summed E-state index contributed by atoms with van der Waals surface area (Å²) in [5, 5.41) is 10.1. The van der Waals surface area contributed by atoms with E-state index >= 15 is 0 Å². The molecule has 1 aliphatic rings. The Kier molecular flexibility index (Phi) is 4.45. The number of ether oxygens (including phenoxy) is 1. The van der Waals surface area contributed by atoms with Crippen LogP contribution in [0.15, 0.2) is 24.3 Å². The van der Waals surface area contributed by atoms with Crippen molar-refractivity contribution in [1.29, 1.82) is 0 Å². The third-order valence-corrected chi connectivity index (χ3v) is 4.04. The Morgan fingerprint density at radius 2 is 2.17 bits per heavy atom. The van der Waals surface area contributed by atoms with Crippen molar-refractivity contribution in [1.82, 2.24) is 25.2 Å². The van der Waals surface area contributed by atoms with Gasteiger partial charge in [0.1, 0.15) is 12.3 Å². The molecule has 1 aromatic heterocycles. The second-order valence-corrected chi connectivity index (χ2v) is 5.65. The van der Waals surface area contributed by atoms with Crippen LogP contribution in [0.3, 0.4) is 0 Å². The van der Waals surface area contributed by atoms with Gasteiger partial charge in [-0.15, -0.1) is 0 Å². The highest BCUT2D eigenvalue weighted by molar-refractivity contribution is 5.96. The molecule has 1 aliphatic heterocycles. The summed E-state index contributed by atoms with van der Waals surface area (Å²) in [5.74, 6) is 0.407. The van der Waals surface area contributed by atoms with E-state index in [1.54, 1.807) is 18.9 Å². The molecule has 2 amide bonds. The van der Waals surface area contributed by atoms with Gasteiger partial charge in [-0.1, -0.05) is 12.1 Å². The number of nitrogens with zero attached hydrogens (tertiary/aromatic N) is 4. The highest BCUT2D eigenvalue weighted by Gasteiger charge is 2.29. The molecule has 0 spiro atoms. The van der Waals surface area contributed by atoms with Crippen LogP contribution in [0.25, 0.3) is 0 Å². The summed E-state index contributed by atoms with van der Waals surface area (Å²) in [5.41, 5.74) is 1.80. The Hall–Kier alpha value is -2.90. The third-order valence-electron chi connectivity index (χ3n) is 4.04. The fraction of sp³-hybridized carbons (Fsp3) is 0.375. The first-order chi connectivity index (χ1) is 11.6. The van der Waals surface area contributed by atoms with Crippen LogP contribution in [0.5, 0.6) is 5.75 Å². The molecule has 0 saturated carbocycles. The van der Waals surface area contributed by atoms with E-state index in [0.717, 1.165) is 11.3 Å². The van der Waals surface area contributed by atoms with E-state index in [2.05, 4.69) is 15.4 Å². The lowest BCUT2D eigenvalue weighted by molar-refractivity contribution is -0.135. The van der Waals surface area contributed by atoms with Crippen LogP contribution in [0, 0.1) is 6.92 Å². The molecule has 8 heteroatoms. The van der Waals surface area contributed by atoms with Crippen LogP contribution in [0.4, 0.5) is 0 Å². The van der Waals surface area contributed by atoms with Gasteiger partial charge in [-0.2, -0.15) is 15.4 Å². The van der Waals surface area contributed by atoms with Gasteiger partial charge in [0.15, 0.2) is 5.69 Å². The predicted octanol–water partition coefficient (Wildman–Crippen LogP) is 0.606. The molecule has 2 aromatic rings. The van der Waals surface area contributed by atoms with Crippen LogP contribution in [0.1, 0.15) is 21.7 Å². The van der Waals surface area contributed by atoms with Gasteiger partial charge in [0, 0.05) is 19.6 Å². The minimum absolute atomic E-state index is 0.0507. The Bertz CT molecular complexity index is 758. The van der Waals surface area contributed by atoms with Crippen molar-refractivity contribution in [3.63, 3.8) is 0 Å². The average molecular weight is 329 g/mol. The van der Waals surface area contributed by atoms with E-state index in [-0.39, 0.29) is 24.1 Å². The quantitative estimate of drug-likeness (QED) is 0.887. The van der Waals surface area contributed by atoms with E-state index in [9.17, 15) is 9.59 Å². The number of aromatic nitrogens is 3. The molecule has 8 nitrogen and oxygen atoms in total. The Labute approximate surface area is 139 Å². The van der Waals surface area contributed by atoms with Crippen LogP contribution in [0.2, 0.25) is 0 Å². The molecule has 1 N–H and O–H groups in total. The Morgan fingerprint density at radius 1 is 1.33 bits per heavy atom. The SMILES string of the molecule is COc1cccc(CN2CCN(C(=O)c3n[nH]nc3C)CC2=O)c1. The van der Waals surface area contributed by atoms with Crippen LogP contribution in [-0.4, -0.2) is 63.8 Å². The van der Waals surface area contributed by atoms with E-state index in [4.69, 9.17) is 4.74 Å². The summed E-state index contributed by atoms with van der Waals surface area (Å²) in [7, 11) is 1.61. The topological polar surface area (TPSA) is 91.4 Å². The average Bonchev–Trinajstić information content (AvgIpc) is 3.02. The highest BCUT2D eigenvalue weighted by atomic mass is 16.5. The minimum Gasteiger partial charge on any atom is -0.497 e. The second-order valence-electron chi connectivity index (χ2n) is 5.65.